The van der Waals surface area contributed by atoms with Crippen LogP contribution in [0.15, 0.2) is 66.2 Å². The minimum atomic E-state index is 0.247. The van der Waals surface area contributed by atoms with Gasteiger partial charge in [-0.2, -0.15) is 0 Å². The molecule has 0 aromatic heterocycles. The molecule has 0 saturated carbocycles. The largest absolute Gasteiger partial charge is 0.299 e. The molecule has 2 aliphatic rings. The number of likely N-dealkylation sites (tertiary alicyclic amines) is 1. The molecule has 2 aromatic carbocycles. The zero-order valence-corrected chi connectivity index (χ0v) is 14.7. The van der Waals surface area contributed by atoms with Gasteiger partial charge in [0, 0.05) is 24.1 Å². The highest BCUT2D eigenvalue weighted by atomic mass is 16.1. The fraction of sp³-hybridized carbons (Fsp3) is 0.348. The molecule has 0 bridgehead atoms. The Labute approximate surface area is 150 Å². The molecule has 25 heavy (non-hydrogen) atoms. The maximum absolute atomic E-state index is 12.4. The molecule has 0 spiro atoms. The smallest absolute Gasteiger partial charge is 0.189 e. The quantitative estimate of drug-likeness (QED) is 0.760. The van der Waals surface area contributed by atoms with Crippen LogP contribution >= 0.6 is 0 Å². The Balaban J connectivity index is 1.29. The molecule has 2 nitrogen and oxygen atoms in total. The summed E-state index contributed by atoms with van der Waals surface area (Å²) in [7, 11) is 0. The molecule has 0 atom stereocenters. The van der Waals surface area contributed by atoms with E-state index in [4.69, 9.17) is 0 Å². The van der Waals surface area contributed by atoms with Crippen LogP contribution in [0.1, 0.15) is 40.7 Å². The number of hydrogen-bond acceptors (Lipinski definition) is 2. The van der Waals surface area contributed by atoms with Crippen molar-refractivity contribution in [1.29, 1.82) is 0 Å². The van der Waals surface area contributed by atoms with Gasteiger partial charge in [-0.1, -0.05) is 60.7 Å². The highest BCUT2D eigenvalue weighted by Crippen LogP contribution is 2.28. The molecule has 1 aliphatic carbocycles. The fourth-order valence-corrected chi connectivity index (χ4v) is 4.05. The van der Waals surface area contributed by atoms with E-state index in [0.717, 1.165) is 49.5 Å². The lowest BCUT2D eigenvalue weighted by Gasteiger charge is -2.31. The Bertz CT molecular complexity index is 770. The van der Waals surface area contributed by atoms with Crippen LogP contribution in [-0.4, -0.2) is 23.8 Å². The Morgan fingerprint density at radius 3 is 2.44 bits per heavy atom. The van der Waals surface area contributed by atoms with Crippen LogP contribution in [0.2, 0.25) is 0 Å². The first-order valence-electron chi connectivity index (χ1n) is 9.37. The van der Waals surface area contributed by atoms with Crippen LogP contribution in [0, 0.1) is 5.92 Å². The van der Waals surface area contributed by atoms with E-state index in [9.17, 15) is 4.79 Å². The lowest BCUT2D eigenvalue weighted by Crippen LogP contribution is -2.33. The van der Waals surface area contributed by atoms with Crippen molar-refractivity contribution in [2.45, 2.75) is 32.2 Å². The number of benzene rings is 2. The van der Waals surface area contributed by atoms with Gasteiger partial charge in [-0.15, -0.1) is 0 Å². The molecule has 2 aromatic rings. The van der Waals surface area contributed by atoms with Crippen molar-refractivity contribution in [3.8, 4) is 0 Å². The van der Waals surface area contributed by atoms with E-state index in [1.54, 1.807) is 0 Å². The summed E-state index contributed by atoms with van der Waals surface area (Å²) in [6.45, 7) is 3.39. The molecule has 2 heteroatoms. The van der Waals surface area contributed by atoms with Gasteiger partial charge in [0.2, 0.25) is 0 Å². The van der Waals surface area contributed by atoms with Crippen molar-refractivity contribution in [2.24, 2.45) is 5.92 Å². The summed E-state index contributed by atoms with van der Waals surface area (Å²) in [5, 5.41) is 0. The van der Waals surface area contributed by atoms with Gasteiger partial charge >= 0.3 is 0 Å². The van der Waals surface area contributed by atoms with Gasteiger partial charge in [0.15, 0.2) is 5.78 Å². The number of piperidine rings is 1. The highest BCUT2D eigenvalue weighted by molar-refractivity contribution is 6.13. The van der Waals surface area contributed by atoms with Crippen molar-refractivity contribution < 1.29 is 4.79 Å². The first kappa shape index (κ1) is 16.3. The summed E-state index contributed by atoms with van der Waals surface area (Å²) in [5.74, 6) is 0.966. The molecule has 0 unspecified atom stereocenters. The highest BCUT2D eigenvalue weighted by Gasteiger charge is 2.25. The summed E-state index contributed by atoms with van der Waals surface area (Å²) in [6, 6.07) is 18.7. The van der Waals surface area contributed by atoms with Gasteiger partial charge in [0.05, 0.1) is 0 Å². The zero-order valence-electron chi connectivity index (χ0n) is 14.7. The van der Waals surface area contributed by atoms with Gasteiger partial charge in [0.1, 0.15) is 0 Å². The Morgan fingerprint density at radius 1 is 0.960 bits per heavy atom. The molecule has 0 N–H and O–H groups in total. The van der Waals surface area contributed by atoms with Gasteiger partial charge < -0.3 is 0 Å². The van der Waals surface area contributed by atoms with Crippen LogP contribution in [0.3, 0.4) is 0 Å². The predicted octanol–water partition coefficient (Wildman–Crippen LogP) is 4.65. The number of hydrogen-bond donors (Lipinski definition) is 0. The molecular formula is C23H25NO. The summed E-state index contributed by atoms with van der Waals surface area (Å²) in [5.41, 5.74) is 4.51. The normalized spacial score (nSPS) is 20.2. The summed E-state index contributed by atoms with van der Waals surface area (Å²) in [4.78, 5) is 15.0. The molecule has 0 radical (unpaired) electrons. The third-order valence-corrected chi connectivity index (χ3v) is 5.59. The number of allylic oxidation sites excluding steroid dienone is 2. The average Bonchev–Trinajstić information content (AvgIpc) is 2.98. The predicted molar refractivity (Wildman–Crippen MR) is 102 cm³/mol. The molecule has 1 heterocycles. The maximum Gasteiger partial charge on any atom is 0.189 e. The number of carbonyl (C=O) groups is 1. The SMILES string of the molecule is O=C1/C(=C/CC2CCN(Cc3ccccc3)CC2)Cc2ccccc21. The van der Waals surface area contributed by atoms with Gasteiger partial charge in [-0.25, -0.2) is 0 Å². The van der Waals surface area contributed by atoms with E-state index >= 15 is 0 Å². The van der Waals surface area contributed by atoms with Crippen LogP contribution in [-0.2, 0) is 13.0 Å². The maximum atomic E-state index is 12.4. The lowest BCUT2D eigenvalue weighted by molar-refractivity contribution is 0.103. The number of fused-ring (bicyclic) bond motifs is 1. The first-order valence-corrected chi connectivity index (χ1v) is 9.37. The van der Waals surface area contributed by atoms with E-state index in [1.165, 1.54) is 24.0 Å². The Kier molecular flexibility index (Phi) is 4.80. The van der Waals surface area contributed by atoms with Crippen molar-refractivity contribution >= 4 is 5.78 Å². The number of ketones is 1. The molecular weight excluding hydrogens is 306 g/mol. The third-order valence-electron chi connectivity index (χ3n) is 5.59. The van der Waals surface area contributed by atoms with Gasteiger partial charge in [-0.05, 0) is 49.4 Å². The molecule has 1 fully saturated rings. The lowest BCUT2D eigenvalue weighted by atomic mass is 9.92. The van der Waals surface area contributed by atoms with E-state index in [2.05, 4.69) is 47.4 Å². The Morgan fingerprint density at radius 2 is 1.68 bits per heavy atom. The van der Waals surface area contributed by atoms with E-state index < -0.39 is 0 Å². The Hall–Kier alpha value is -2.19. The standard InChI is InChI=1S/C23H25NO/c25-23-21(16-20-8-4-5-9-22(20)23)11-10-18-12-14-24(15-13-18)17-19-6-2-1-3-7-19/h1-9,11,18H,10,12-17H2/b21-11+. The van der Waals surface area contributed by atoms with E-state index in [-0.39, 0.29) is 5.78 Å². The minimum Gasteiger partial charge on any atom is -0.299 e. The van der Waals surface area contributed by atoms with E-state index in [0.29, 0.717) is 0 Å². The van der Waals surface area contributed by atoms with Crippen molar-refractivity contribution in [2.75, 3.05) is 13.1 Å². The van der Waals surface area contributed by atoms with Crippen LogP contribution in [0.25, 0.3) is 0 Å². The molecule has 128 valence electrons. The number of nitrogens with zero attached hydrogens (tertiary/aromatic N) is 1. The second-order valence-electron chi connectivity index (χ2n) is 7.33. The van der Waals surface area contributed by atoms with Crippen LogP contribution < -0.4 is 0 Å². The van der Waals surface area contributed by atoms with Crippen molar-refractivity contribution in [3.05, 3.63) is 82.9 Å². The van der Waals surface area contributed by atoms with Crippen LogP contribution in [0.5, 0.6) is 0 Å². The van der Waals surface area contributed by atoms with Gasteiger partial charge in [0.25, 0.3) is 0 Å². The van der Waals surface area contributed by atoms with Crippen LogP contribution in [0.4, 0.5) is 0 Å². The zero-order chi connectivity index (χ0) is 17.1. The summed E-state index contributed by atoms with van der Waals surface area (Å²) in [6.07, 6.45) is 6.56. The number of rotatable bonds is 4. The van der Waals surface area contributed by atoms with Gasteiger partial charge in [-0.3, -0.25) is 9.69 Å². The first-order chi connectivity index (χ1) is 12.3. The third kappa shape index (κ3) is 3.74. The molecule has 4 rings (SSSR count). The topological polar surface area (TPSA) is 20.3 Å². The molecule has 0 amide bonds. The average molecular weight is 331 g/mol. The number of Topliss-reactive ketones (excluding diaryl/α,β-unsaturated/α-hetero) is 1. The summed E-state index contributed by atoms with van der Waals surface area (Å²) >= 11 is 0. The molecule has 1 aliphatic heterocycles. The summed E-state index contributed by atoms with van der Waals surface area (Å²) < 4.78 is 0. The second-order valence-corrected chi connectivity index (χ2v) is 7.33. The van der Waals surface area contributed by atoms with Crippen molar-refractivity contribution in [1.82, 2.24) is 4.90 Å². The molecule has 1 saturated heterocycles. The number of carbonyl (C=O) groups excluding carboxylic acids is 1. The van der Waals surface area contributed by atoms with E-state index in [1.807, 2.05) is 18.2 Å². The minimum absolute atomic E-state index is 0.247. The monoisotopic (exact) mass is 331 g/mol. The van der Waals surface area contributed by atoms with Crippen molar-refractivity contribution in [3.63, 3.8) is 0 Å². The second kappa shape index (κ2) is 7.37. The fourth-order valence-electron chi connectivity index (χ4n) is 4.05.